The van der Waals surface area contributed by atoms with Crippen LogP contribution in [0.2, 0.25) is 0 Å². The van der Waals surface area contributed by atoms with Crippen molar-refractivity contribution in [2.24, 2.45) is 0 Å². The summed E-state index contributed by atoms with van der Waals surface area (Å²) in [7, 11) is 0. The van der Waals surface area contributed by atoms with E-state index in [0.29, 0.717) is 0 Å². The summed E-state index contributed by atoms with van der Waals surface area (Å²) in [5.41, 5.74) is -8.10. The molecule has 2 heteroatoms. The van der Waals surface area contributed by atoms with Gasteiger partial charge in [-0.3, -0.25) is 0 Å². The highest BCUT2D eigenvalue weighted by molar-refractivity contribution is 6.30. The minimum absolute atomic E-state index is 0.0654. The molecule has 0 fully saturated rings. The maximum absolute atomic E-state index is 9.91. The Balaban J connectivity index is 0.000000178. The van der Waals surface area contributed by atoms with Crippen LogP contribution < -0.4 is 0 Å². The van der Waals surface area contributed by atoms with Crippen LogP contribution in [-0.2, 0) is 5.41 Å². The number of rotatable bonds is 4. The summed E-state index contributed by atoms with van der Waals surface area (Å²) in [4.78, 5) is 0. The summed E-state index contributed by atoms with van der Waals surface area (Å²) >= 11 is 0. The van der Waals surface area contributed by atoms with Crippen molar-refractivity contribution >= 4 is 130 Å². The zero-order chi connectivity index (χ0) is 103. The summed E-state index contributed by atoms with van der Waals surface area (Å²) in [6.07, 6.45) is 0. The lowest BCUT2D eigenvalue weighted by Gasteiger charge is -2.22. The van der Waals surface area contributed by atoms with E-state index < -0.39 is 476 Å². The number of furan rings is 2. The Morgan fingerprint density at radius 2 is 0.637 bits per heavy atom. The van der Waals surface area contributed by atoms with Crippen molar-refractivity contribution in [3.05, 3.63) is 313 Å². The van der Waals surface area contributed by atoms with Gasteiger partial charge in [-0.15, -0.1) is 0 Å². The molecule has 0 spiro atoms. The quantitative estimate of drug-likeness (QED) is 0.130. The molecule has 1 aliphatic carbocycles. The van der Waals surface area contributed by atoms with Gasteiger partial charge in [0.25, 0.3) is 0 Å². The van der Waals surface area contributed by atoms with Crippen molar-refractivity contribution < 1.29 is 76.0 Å². The molecular weight excluding hydrogens is 1100 g/mol. The second kappa shape index (κ2) is 19.7. The molecule has 2 aromatic heterocycles. The first-order valence-corrected chi connectivity index (χ1v) is 27.6. The molecule has 0 amide bonds. The van der Waals surface area contributed by atoms with Crippen LogP contribution in [0.25, 0.3) is 186 Å². The highest BCUT2D eigenvalue weighted by Gasteiger charge is 2.35. The van der Waals surface area contributed by atoms with Crippen molar-refractivity contribution in [3.63, 3.8) is 0 Å². The smallest absolute Gasteiger partial charge is 0.143 e. The summed E-state index contributed by atoms with van der Waals surface area (Å²) in [5, 5.41) is -11.1. The van der Waals surface area contributed by atoms with Gasteiger partial charge >= 0.3 is 0 Å². The molecule has 17 aromatic carbocycles. The number of hydrogen-bond acceptors (Lipinski definition) is 2. The molecule has 2 nitrogen and oxygen atoms in total. The molecule has 0 bridgehead atoms. The Labute approximate surface area is 593 Å². The van der Waals surface area contributed by atoms with Gasteiger partial charge in [-0.2, -0.15) is 0 Å². The fourth-order valence-electron chi connectivity index (χ4n) is 12.6. The third-order valence-electron chi connectivity index (χ3n) is 16.5. The van der Waals surface area contributed by atoms with Crippen molar-refractivity contribution in [1.82, 2.24) is 0 Å². The molecule has 20 rings (SSSR count). The van der Waals surface area contributed by atoms with Gasteiger partial charge in [-0.25, -0.2) is 0 Å². The molecule has 0 saturated heterocycles. The van der Waals surface area contributed by atoms with Crippen LogP contribution in [0.4, 0.5) is 0 Å². The van der Waals surface area contributed by atoms with Gasteiger partial charge in [0, 0.05) is 37.7 Å². The number of hydrogen-bond donors (Lipinski definition) is 0. The summed E-state index contributed by atoms with van der Waals surface area (Å²) in [6.45, 7) is 3.29. The van der Waals surface area contributed by atoms with Crippen LogP contribution in [0.5, 0.6) is 0 Å². The zero-order valence-corrected chi connectivity index (χ0v) is 46.4. The average Bonchev–Trinajstić information content (AvgIpc) is 1.15. The average molecular weight is 1210 g/mol. The Bertz CT molecular complexity index is 9210. The first kappa shape index (κ1) is 22.8. The zero-order valence-electron chi connectivity index (χ0n) is 95.4. The fourth-order valence-corrected chi connectivity index (χ4v) is 12.6. The van der Waals surface area contributed by atoms with Crippen molar-refractivity contribution in [2.75, 3.05) is 0 Å². The van der Waals surface area contributed by atoms with Crippen LogP contribution in [0.15, 0.2) is 311 Å². The van der Waals surface area contributed by atoms with Gasteiger partial charge in [0.1, 0.15) is 22.3 Å². The molecule has 0 radical (unpaired) electrons. The van der Waals surface area contributed by atoms with Crippen molar-refractivity contribution in [2.45, 2.75) is 19.3 Å². The first-order valence-electron chi connectivity index (χ1n) is 52.1. The second-order valence-corrected chi connectivity index (χ2v) is 21.5. The van der Waals surface area contributed by atoms with Crippen LogP contribution in [0.3, 0.4) is 0 Å². The normalized spacial score (nSPS) is 20.4. The first-order chi connectivity index (χ1) is 65.3. The van der Waals surface area contributed by atoms with E-state index in [9.17, 15) is 21.9 Å². The number of benzene rings is 17. The van der Waals surface area contributed by atoms with Crippen molar-refractivity contribution in [1.29, 1.82) is 0 Å². The van der Waals surface area contributed by atoms with Gasteiger partial charge in [-0.05, 0) is 178 Å². The Morgan fingerprint density at radius 3 is 1.14 bits per heavy atom. The second-order valence-electron chi connectivity index (χ2n) is 21.5. The van der Waals surface area contributed by atoms with Crippen LogP contribution in [0, 0.1) is 0 Å². The molecule has 0 saturated carbocycles. The van der Waals surface area contributed by atoms with E-state index in [0.717, 1.165) is 0 Å². The fraction of sp³-hybridized carbons (Fsp3) is 0.0337. The lowest BCUT2D eigenvalue weighted by Crippen LogP contribution is -2.14. The molecule has 19 aromatic rings. The molecule has 0 N–H and O–H groups in total. The summed E-state index contributed by atoms with van der Waals surface area (Å²) < 4.78 is 456. The van der Waals surface area contributed by atoms with E-state index in [4.69, 9.17) is 54.1 Å². The van der Waals surface area contributed by atoms with E-state index in [1.54, 1.807) is 13.8 Å². The molecule has 424 valence electrons. The SMILES string of the molecule is [2H]c1c([2H])c(-c2c3c([2H])c([2H])c([2H])c([2H])c3c(-c3c([2H])c4c([2H])c([2H])c([2H])c([2H])c4c4c([2H])c([2H])c([2H])c([2H])c34)c3c([2H])c([2H])c([2H])c([2H])c23)c2c(oc3c4c([2H])c([2H])c([2H])c([2H])c4c([2H])c([2H])c32)c1[2H].[2H]c1cc2c(c([2H])c1-c1c3c([2H])c([2H])c([2H])c([2H])c3c(-c3c([2H])c([2H])c([2H])c4oc5c6c([2H])c([2H])c([2H])c([2H])c6c([2H])c([2H])c5c34)c3c([2H])c([2H])c([2H])c([2H])c13)-c1c([2H])c([2H])c([2H])c([2H])c1C2(C)C. The summed E-state index contributed by atoms with van der Waals surface area (Å²) in [5.74, 6) is 0. The van der Waals surface area contributed by atoms with E-state index in [2.05, 4.69) is 0 Å². The van der Waals surface area contributed by atoms with Crippen LogP contribution in [-0.4, -0.2) is 0 Å². The third-order valence-corrected chi connectivity index (χ3v) is 16.5. The number of fused-ring (bicyclic) bond motifs is 20. The third kappa shape index (κ3) is 7.54. The van der Waals surface area contributed by atoms with Crippen LogP contribution in [0.1, 0.15) is 92.1 Å². The van der Waals surface area contributed by atoms with E-state index in [-0.39, 0.29) is 22.3 Å². The van der Waals surface area contributed by atoms with Gasteiger partial charge in [0.2, 0.25) is 0 Å². The maximum atomic E-state index is 9.91. The molecule has 91 heavy (non-hydrogen) atoms. The minimum atomic E-state index is -1.23. The lowest BCUT2D eigenvalue weighted by molar-refractivity contribution is 0.660. The Morgan fingerprint density at radius 1 is 0.253 bits per heavy atom. The van der Waals surface area contributed by atoms with E-state index >= 15 is 0 Å². The highest BCUT2D eigenvalue weighted by Crippen LogP contribution is 2.54. The predicted molar refractivity (Wildman–Crippen MR) is 387 cm³/mol. The van der Waals surface area contributed by atoms with Crippen LogP contribution >= 0.6 is 0 Å². The Kier molecular flexibility index (Phi) is 4.93. The molecule has 2 heterocycles. The molecule has 0 aliphatic heterocycles. The topological polar surface area (TPSA) is 26.3 Å². The van der Waals surface area contributed by atoms with E-state index in [1.165, 1.54) is 6.07 Å². The molecule has 1 aliphatic rings. The van der Waals surface area contributed by atoms with Gasteiger partial charge < -0.3 is 8.83 Å². The molecular formula is C89H56O2. The van der Waals surface area contributed by atoms with Gasteiger partial charge in [0.05, 0.1) is 67.2 Å². The molecule has 0 atom stereocenters. The summed E-state index contributed by atoms with van der Waals surface area (Å²) in [6, 6.07) is -38.9. The van der Waals surface area contributed by atoms with Gasteiger partial charge in [-0.1, -0.05) is 280 Å². The van der Waals surface area contributed by atoms with Gasteiger partial charge in [0.15, 0.2) is 0 Å². The van der Waals surface area contributed by atoms with Crippen molar-refractivity contribution in [3.8, 4) is 55.6 Å². The predicted octanol–water partition coefficient (Wildman–Crippen LogP) is 25.4. The maximum Gasteiger partial charge on any atom is 0.143 e. The lowest BCUT2D eigenvalue weighted by atomic mass is 9.81. The minimum Gasteiger partial charge on any atom is -0.455 e. The highest BCUT2D eigenvalue weighted by atomic mass is 16.3. The Hall–Kier alpha value is -11.6. The van der Waals surface area contributed by atoms with E-state index in [1.807, 2.05) is 0 Å². The molecule has 0 unspecified atom stereocenters. The monoisotopic (exact) mass is 1210 g/mol. The standard InChI is InChI=1S/C45H30O.C44H26O/c1-45(2)38-20-10-9-14-30(38)37-26-28(23-25-39(37)45)41-31-15-5-7-17-33(31)42(34-18-8-6-16-32(34)41)35-19-11-21-40-43(35)36-24-22-27-12-3-4-13-29(27)44(36)46-40;1-4-15-30-27(12-1)24-25-38-43-37(22-11-23-40(43)45-44(30)38)41-33-18-7-9-20-35(33)42(36-21-10-8-19-34(36)41)39-26-28-13-2-3-14-29(28)31-16-5-6-17-32(31)39/h3-26H,1-2H3;1-26H/i3D,4D,5D,6D,7D,8D,9D,10D,11D,12D,13D,14D,15D,16D,17D,18D,19D,20D,21D,22D,23D,24D,26D;1D,2D,3D,4D,5D,6D,7D,8D,9D,10D,11D,12D,13D,14D,15D,16D,17D,18D,19D,20D,21D,22D,23D,24D,25D,26D. The largest absolute Gasteiger partial charge is 0.455 e.